The quantitative estimate of drug-likeness (QED) is 0.941. The molecule has 106 valence electrons. The van der Waals surface area contributed by atoms with E-state index in [2.05, 4.69) is 22.8 Å². The van der Waals surface area contributed by atoms with E-state index in [-0.39, 0.29) is 5.91 Å². The van der Waals surface area contributed by atoms with Crippen LogP contribution in [0.1, 0.15) is 23.2 Å². The molecule has 3 rings (SSSR count). The molecule has 1 saturated heterocycles. The van der Waals surface area contributed by atoms with Gasteiger partial charge in [-0.05, 0) is 67.4 Å². The van der Waals surface area contributed by atoms with Crippen molar-refractivity contribution in [2.75, 3.05) is 26.7 Å². The number of likely N-dealkylation sites (tertiary alicyclic amines) is 1. The predicted octanol–water partition coefficient (Wildman–Crippen LogP) is 2.97. The first-order valence-corrected chi connectivity index (χ1v) is 8.07. The summed E-state index contributed by atoms with van der Waals surface area (Å²) in [6, 6.07) is 8.12. The van der Waals surface area contributed by atoms with Gasteiger partial charge in [0, 0.05) is 23.4 Å². The van der Waals surface area contributed by atoms with E-state index in [0.717, 1.165) is 31.6 Å². The molecule has 0 radical (unpaired) electrons. The molecule has 1 aliphatic heterocycles. The highest BCUT2D eigenvalue weighted by molar-refractivity contribution is 7.17. The number of nitrogens with one attached hydrogen (secondary N) is 1. The van der Waals surface area contributed by atoms with Crippen LogP contribution in [0.3, 0.4) is 0 Å². The summed E-state index contributed by atoms with van der Waals surface area (Å²) >= 11 is 1.72. The van der Waals surface area contributed by atoms with Crippen LogP contribution >= 0.6 is 11.3 Å². The van der Waals surface area contributed by atoms with E-state index in [9.17, 15) is 4.79 Å². The van der Waals surface area contributed by atoms with E-state index in [1.54, 1.807) is 11.3 Å². The van der Waals surface area contributed by atoms with Crippen LogP contribution in [0.15, 0.2) is 29.6 Å². The average Bonchev–Trinajstić information content (AvgIpc) is 2.94. The first kappa shape index (κ1) is 13.6. The highest BCUT2D eigenvalue weighted by Gasteiger charge is 2.24. The molecule has 1 amide bonds. The molecule has 20 heavy (non-hydrogen) atoms. The Bertz CT molecular complexity index is 605. The smallest absolute Gasteiger partial charge is 0.253 e. The molecule has 1 unspecified atom stereocenters. The SMILES string of the molecule is CNCC1CCCN(C(=O)c2ccc3sccc3c2)C1. The Balaban J connectivity index is 1.77. The van der Waals surface area contributed by atoms with Gasteiger partial charge in [-0.1, -0.05) is 0 Å². The van der Waals surface area contributed by atoms with E-state index in [1.165, 1.54) is 16.5 Å². The monoisotopic (exact) mass is 288 g/mol. The zero-order valence-electron chi connectivity index (χ0n) is 11.8. The van der Waals surface area contributed by atoms with Crippen LogP contribution in [0.5, 0.6) is 0 Å². The largest absolute Gasteiger partial charge is 0.338 e. The van der Waals surface area contributed by atoms with E-state index < -0.39 is 0 Å². The van der Waals surface area contributed by atoms with Crippen molar-refractivity contribution in [2.45, 2.75) is 12.8 Å². The van der Waals surface area contributed by atoms with Gasteiger partial charge in [0.15, 0.2) is 0 Å². The number of carbonyl (C=O) groups is 1. The van der Waals surface area contributed by atoms with Crippen molar-refractivity contribution in [1.29, 1.82) is 0 Å². The zero-order valence-corrected chi connectivity index (χ0v) is 12.6. The molecule has 4 heteroatoms. The number of rotatable bonds is 3. The van der Waals surface area contributed by atoms with Crippen LogP contribution < -0.4 is 5.32 Å². The molecule has 1 N–H and O–H groups in total. The fraction of sp³-hybridized carbons (Fsp3) is 0.438. The molecule has 0 spiro atoms. The second kappa shape index (κ2) is 5.94. The molecule has 2 heterocycles. The molecule has 1 aromatic heterocycles. The topological polar surface area (TPSA) is 32.3 Å². The summed E-state index contributed by atoms with van der Waals surface area (Å²) < 4.78 is 1.24. The van der Waals surface area contributed by atoms with Crippen LogP contribution in [0.4, 0.5) is 0 Å². The molecule has 0 bridgehead atoms. The van der Waals surface area contributed by atoms with Crippen molar-refractivity contribution in [1.82, 2.24) is 10.2 Å². The van der Waals surface area contributed by atoms with E-state index in [1.807, 2.05) is 24.1 Å². The Morgan fingerprint density at radius 3 is 3.20 bits per heavy atom. The standard InChI is InChI=1S/C16H20N2OS/c1-17-10-12-3-2-7-18(11-12)16(19)14-4-5-15-13(9-14)6-8-20-15/h4-6,8-9,12,17H,2-3,7,10-11H2,1H3. The van der Waals surface area contributed by atoms with Gasteiger partial charge in [0.2, 0.25) is 0 Å². The first-order valence-electron chi connectivity index (χ1n) is 7.19. The van der Waals surface area contributed by atoms with E-state index in [4.69, 9.17) is 0 Å². The second-order valence-corrected chi connectivity index (χ2v) is 6.44. The molecular formula is C16H20N2OS. The van der Waals surface area contributed by atoms with Gasteiger partial charge in [-0.3, -0.25) is 4.79 Å². The molecule has 2 aromatic rings. The minimum absolute atomic E-state index is 0.180. The third kappa shape index (κ3) is 2.72. The summed E-state index contributed by atoms with van der Waals surface area (Å²) in [6.07, 6.45) is 2.33. The maximum atomic E-state index is 12.6. The van der Waals surface area contributed by atoms with Crippen molar-refractivity contribution in [3.8, 4) is 0 Å². The summed E-state index contributed by atoms with van der Waals surface area (Å²) in [5.74, 6) is 0.765. The fourth-order valence-corrected chi connectivity index (χ4v) is 3.76. The molecule has 1 aliphatic rings. The lowest BCUT2D eigenvalue weighted by Gasteiger charge is -2.32. The van der Waals surface area contributed by atoms with Crippen molar-refractivity contribution in [2.24, 2.45) is 5.92 Å². The van der Waals surface area contributed by atoms with Gasteiger partial charge >= 0.3 is 0 Å². The van der Waals surface area contributed by atoms with Crippen LogP contribution in [-0.2, 0) is 0 Å². The predicted molar refractivity (Wildman–Crippen MR) is 84.4 cm³/mol. The number of benzene rings is 1. The third-order valence-electron chi connectivity index (χ3n) is 4.00. The Morgan fingerprint density at radius 1 is 1.45 bits per heavy atom. The lowest BCUT2D eigenvalue weighted by Crippen LogP contribution is -2.42. The third-order valence-corrected chi connectivity index (χ3v) is 4.90. The summed E-state index contributed by atoms with van der Waals surface area (Å²) in [5.41, 5.74) is 0.820. The number of piperidine rings is 1. The maximum absolute atomic E-state index is 12.6. The minimum Gasteiger partial charge on any atom is -0.338 e. The van der Waals surface area contributed by atoms with Gasteiger partial charge in [0.1, 0.15) is 0 Å². The average molecular weight is 288 g/mol. The lowest BCUT2D eigenvalue weighted by atomic mass is 9.97. The summed E-state index contributed by atoms with van der Waals surface area (Å²) in [6.45, 7) is 2.76. The minimum atomic E-state index is 0.180. The van der Waals surface area contributed by atoms with Gasteiger partial charge in [-0.25, -0.2) is 0 Å². The van der Waals surface area contributed by atoms with Crippen LogP contribution in [-0.4, -0.2) is 37.5 Å². The summed E-state index contributed by atoms with van der Waals surface area (Å²) in [7, 11) is 1.98. The van der Waals surface area contributed by atoms with Crippen molar-refractivity contribution in [3.63, 3.8) is 0 Å². The molecular weight excluding hydrogens is 268 g/mol. The first-order chi connectivity index (χ1) is 9.78. The van der Waals surface area contributed by atoms with Crippen LogP contribution in [0, 0.1) is 5.92 Å². The highest BCUT2D eigenvalue weighted by atomic mass is 32.1. The van der Waals surface area contributed by atoms with Crippen LogP contribution in [0.2, 0.25) is 0 Å². The molecule has 0 aliphatic carbocycles. The highest BCUT2D eigenvalue weighted by Crippen LogP contribution is 2.24. The number of hydrogen-bond acceptors (Lipinski definition) is 3. The van der Waals surface area contributed by atoms with E-state index >= 15 is 0 Å². The van der Waals surface area contributed by atoms with E-state index in [0.29, 0.717) is 5.92 Å². The Labute approximate surface area is 123 Å². The number of fused-ring (bicyclic) bond motifs is 1. The van der Waals surface area contributed by atoms with Crippen molar-refractivity contribution in [3.05, 3.63) is 35.2 Å². The Hall–Kier alpha value is -1.39. The van der Waals surface area contributed by atoms with Crippen LogP contribution in [0.25, 0.3) is 10.1 Å². The fourth-order valence-electron chi connectivity index (χ4n) is 2.99. The van der Waals surface area contributed by atoms with Gasteiger partial charge in [0.05, 0.1) is 0 Å². The maximum Gasteiger partial charge on any atom is 0.253 e. The number of hydrogen-bond donors (Lipinski definition) is 1. The van der Waals surface area contributed by atoms with Crippen molar-refractivity contribution >= 4 is 27.3 Å². The number of amides is 1. The molecule has 1 aromatic carbocycles. The van der Waals surface area contributed by atoms with Gasteiger partial charge in [0.25, 0.3) is 5.91 Å². The number of nitrogens with zero attached hydrogens (tertiary/aromatic N) is 1. The van der Waals surface area contributed by atoms with Crippen molar-refractivity contribution < 1.29 is 4.79 Å². The second-order valence-electron chi connectivity index (χ2n) is 5.49. The lowest BCUT2D eigenvalue weighted by molar-refractivity contribution is 0.0674. The Morgan fingerprint density at radius 2 is 2.35 bits per heavy atom. The number of thiophene rings is 1. The number of carbonyl (C=O) groups excluding carboxylic acids is 1. The molecule has 1 fully saturated rings. The van der Waals surface area contributed by atoms with Gasteiger partial charge < -0.3 is 10.2 Å². The summed E-state index contributed by atoms with van der Waals surface area (Å²) in [4.78, 5) is 14.6. The molecule has 0 saturated carbocycles. The van der Waals surface area contributed by atoms with Gasteiger partial charge in [-0.2, -0.15) is 0 Å². The molecule has 1 atom stereocenters. The Kier molecular flexibility index (Phi) is 4.03. The molecule has 3 nitrogen and oxygen atoms in total. The normalized spacial score (nSPS) is 19.4. The van der Waals surface area contributed by atoms with Gasteiger partial charge in [-0.15, -0.1) is 11.3 Å². The zero-order chi connectivity index (χ0) is 13.9. The summed E-state index contributed by atoms with van der Waals surface area (Å²) in [5, 5.41) is 6.46.